The van der Waals surface area contributed by atoms with E-state index in [1.54, 1.807) is 25.1 Å². The number of carbonyl (C=O) groups is 2. The number of anilines is 2. The average Bonchev–Trinajstić information content (AvgIpc) is 2.97. The van der Waals surface area contributed by atoms with Crippen LogP contribution in [-0.2, 0) is 0 Å². The van der Waals surface area contributed by atoms with Gasteiger partial charge in [0.1, 0.15) is 10.7 Å². The van der Waals surface area contributed by atoms with E-state index in [9.17, 15) is 14.0 Å². The topological polar surface area (TPSA) is 71.1 Å². The Morgan fingerprint density at radius 1 is 1.04 bits per heavy atom. The van der Waals surface area contributed by atoms with Gasteiger partial charge in [-0.3, -0.25) is 14.9 Å². The molecule has 0 aliphatic rings. The van der Waals surface area contributed by atoms with Gasteiger partial charge in [0.2, 0.25) is 0 Å². The Morgan fingerprint density at radius 2 is 1.73 bits per heavy atom. The fourth-order valence-corrected chi connectivity index (χ4v) is 3.31. The molecule has 3 aromatic rings. The van der Waals surface area contributed by atoms with Crippen molar-refractivity contribution in [3.63, 3.8) is 0 Å². The molecule has 2 aromatic carbocycles. The lowest BCUT2D eigenvalue weighted by Gasteiger charge is -2.04. The molecule has 0 radical (unpaired) electrons. The second-order valence-corrected chi connectivity index (χ2v) is 7.24. The van der Waals surface area contributed by atoms with Gasteiger partial charge in [-0.15, -0.1) is 0 Å². The predicted molar refractivity (Wildman–Crippen MR) is 103 cm³/mol. The predicted octanol–water partition coefficient (Wildman–Crippen LogP) is 4.86. The first-order chi connectivity index (χ1) is 12.4. The normalized spacial score (nSPS) is 10.4. The van der Waals surface area contributed by atoms with E-state index in [4.69, 9.17) is 0 Å². The van der Waals surface area contributed by atoms with Crippen LogP contribution < -0.4 is 10.6 Å². The maximum Gasteiger partial charge on any atom is 0.267 e. The van der Waals surface area contributed by atoms with Crippen molar-refractivity contribution < 1.29 is 14.0 Å². The van der Waals surface area contributed by atoms with Gasteiger partial charge in [0.15, 0.2) is 5.13 Å². The molecule has 5 nitrogen and oxygen atoms in total. The quantitative estimate of drug-likeness (QED) is 0.616. The highest BCUT2D eigenvalue weighted by Gasteiger charge is 2.18. The third-order valence-electron chi connectivity index (χ3n) is 3.44. The number of aromatic nitrogens is 1. The monoisotopic (exact) mass is 433 g/mol. The summed E-state index contributed by atoms with van der Waals surface area (Å²) in [5.74, 6) is -1.56. The number of nitrogens with one attached hydrogen (secondary N) is 2. The first-order valence-electron chi connectivity index (χ1n) is 7.54. The van der Waals surface area contributed by atoms with Crippen LogP contribution in [0.4, 0.5) is 15.2 Å². The molecular formula is C18H13BrFN3O2S. The number of hydrogen-bond donors (Lipinski definition) is 2. The van der Waals surface area contributed by atoms with Gasteiger partial charge in [-0.25, -0.2) is 9.37 Å². The summed E-state index contributed by atoms with van der Waals surface area (Å²) in [6, 6.07) is 12.8. The van der Waals surface area contributed by atoms with Crippen LogP contribution >= 0.6 is 27.3 Å². The third kappa shape index (κ3) is 4.14. The van der Waals surface area contributed by atoms with E-state index in [-0.39, 0.29) is 16.6 Å². The first kappa shape index (κ1) is 18.2. The molecule has 0 saturated heterocycles. The highest BCUT2D eigenvalue weighted by molar-refractivity contribution is 9.10. The smallest absolute Gasteiger partial charge is 0.267 e. The molecular weight excluding hydrogens is 421 g/mol. The van der Waals surface area contributed by atoms with Gasteiger partial charge in [0.05, 0.1) is 11.3 Å². The van der Waals surface area contributed by atoms with Crippen LogP contribution in [0.2, 0.25) is 0 Å². The number of aryl methyl sites for hydroxylation is 1. The van der Waals surface area contributed by atoms with E-state index >= 15 is 0 Å². The molecule has 8 heteroatoms. The minimum Gasteiger partial charge on any atom is -0.321 e. The Bertz CT molecular complexity index is 973. The standard InChI is InChI=1S/C18H13BrFN3O2S/c1-10-15(17(25)22-12-8-6-11(19)7-9-12)26-18(21-10)23-16(24)13-4-2-3-5-14(13)20/h2-9H,1H3,(H,22,25)(H,21,23,24). The van der Waals surface area contributed by atoms with E-state index in [1.165, 1.54) is 18.2 Å². The first-order valence-corrected chi connectivity index (χ1v) is 9.15. The maximum atomic E-state index is 13.7. The molecule has 132 valence electrons. The van der Waals surface area contributed by atoms with E-state index in [0.29, 0.717) is 16.3 Å². The fourth-order valence-electron chi connectivity index (χ4n) is 2.19. The number of hydrogen-bond acceptors (Lipinski definition) is 4. The summed E-state index contributed by atoms with van der Waals surface area (Å²) in [4.78, 5) is 29.1. The third-order valence-corrected chi connectivity index (χ3v) is 5.04. The summed E-state index contributed by atoms with van der Waals surface area (Å²) in [6.07, 6.45) is 0. The molecule has 2 N–H and O–H groups in total. The zero-order valence-electron chi connectivity index (χ0n) is 13.5. The van der Waals surface area contributed by atoms with Crippen LogP contribution in [0.25, 0.3) is 0 Å². The van der Waals surface area contributed by atoms with Crippen LogP contribution in [0.15, 0.2) is 53.0 Å². The molecule has 0 aliphatic heterocycles. The summed E-state index contributed by atoms with van der Waals surface area (Å²) >= 11 is 4.36. The van der Waals surface area contributed by atoms with Crippen LogP contribution in [0.3, 0.4) is 0 Å². The van der Waals surface area contributed by atoms with Crippen molar-refractivity contribution in [2.45, 2.75) is 6.92 Å². The number of rotatable bonds is 4. The molecule has 0 atom stereocenters. The Hall–Kier alpha value is -2.58. The fraction of sp³-hybridized carbons (Fsp3) is 0.0556. The van der Waals surface area contributed by atoms with Gasteiger partial charge >= 0.3 is 0 Å². The Morgan fingerprint density at radius 3 is 2.42 bits per heavy atom. The zero-order valence-corrected chi connectivity index (χ0v) is 15.9. The molecule has 2 amide bonds. The lowest BCUT2D eigenvalue weighted by Crippen LogP contribution is -2.13. The number of nitrogens with zero attached hydrogens (tertiary/aromatic N) is 1. The van der Waals surface area contributed by atoms with Gasteiger partial charge < -0.3 is 5.32 Å². The van der Waals surface area contributed by atoms with Gasteiger partial charge in [-0.2, -0.15) is 0 Å². The highest BCUT2D eigenvalue weighted by Crippen LogP contribution is 2.25. The highest BCUT2D eigenvalue weighted by atomic mass is 79.9. The molecule has 0 unspecified atom stereocenters. The lowest BCUT2D eigenvalue weighted by atomic mass is 10.2. The average molecular weight is 434 g/mol. The van der Waals surface area contributed by atoms with Gasteiger partial charge in [-0.05, 0) is 43.3 Å². The van der Waals surface area contributed by atoms with E-state index in [1.807, 2.05) is 12.1 Å². The minimum atomic E-state index is -0.619. The largest absolute Gasteiger partial charge is 0.321 e. The number of benzene rings is 2. The number of amides is 2. The molecule has 3 rings (SSSR count). The van der Waals surface area contributed by atoms with Crippen molar-refractivity contribution >= 4 is 49.9 Å². The Kier molecular flexibility index (Phi) is 5.43. The van der Waals surface area contributed by atoms with Gasteiger partial charge in [0, 0.05) is 10.2 Å². The summed E-state index contributed by atoms with van der Waals surface area (Å²) in [7, 11) is 0. The summed E-state index contributed by atoms with van der Waals surface area (Å²) < 4.78 is 14.6. The van der Waals surface area contributed by atoms with Gasteiger partial charge in [0.25, 0.3) is 11.8 Å². The second kappa shape index (κ2) is 7.76. The van der Waals surface area contributed by atoms with E-state index < -0.39 is 11.7 Å². The zero-order chi connectivity index (χ0) is 18.7. The van der Waals surface area contributed by atoms with Crippen LogP contribution in [-0.4, -0.2) is 16.8 Å². The van der Waals surface area contributed by atoms with Crippen molar-refractivity contribution in [1.29, 1.82) is 0 Å². The summed E-state index contributed by atoms with van der Waals surface area (Å²) in [5.41, 5.74) is 1.04. The van der Waals surface area contributed by atoms with E-state index in [2.05, 4.69) is 31.5 Å². The number of halogens is 2. The maximum absolute atomic E-state index is 13.7. The number of carbonyl (C=O) groups excluding carboxylic acids is 2. The molecule has 1 heterocycles. The van der Waals surface area contributed by atoms with Crippen LogP contribution in [0.5, 0.6) is 0 Å². The number of thiazole rings is 1. The molecule has 0 bridgehead atoms. The van der Waals surface area contributed by atoms with Crippen LogP contribution in [0.1, 0.15) is 25.7 Å². The summed E-state index contributed by atoms with van der Waals surface area (Å²) in [5, 5.41) is 5.53. The molecule has 1 aromatic heterocycles. The van der Waals surface area contributed by atoms with Gasteiger partial charge in [-0.1, -0.05) is 39.4 Å². The van der Waals surface area contributed by atoms with Crippen molar-refractivity contribution in [3.8, 4) is 0 Å². The molecule has 0 fully saturated rings. The Balaban J connectivity index is 1.74. The van der Waals surface area contributed by atoms with Crippen molar-refractivity contribution in [2.75, 3.05) is 10.6 Å². The van der Waals surface area contributed by atoms with Crippen molar-refractivity contribution in [3.05, 3.63) is 75.0 Å². The Labute approximate surface area is 161 Å². The second-order valence-electron chi connectivity index (χ2n) is 5.33. The molecule has 0 aliphatic carbocycles. The molecule has 26 heavy (non-hydrogen) atoms. The van der Waals surface area contributed by atoms with E-state index in [0.717, 1.165) is 15.8 Å². The van der Waals surface area contributed by atoms with Crippen molar-refractivity contribution in [2.24, 2.45) is 0 Å². The lowest BCUT2D eigenvalue weighted by molar-refractivity contribution is 0.101. The molecule has 0 saturated carbocycles. The molecule has 0 spiro atoms. The SMILES string of the molecule is Cc1nc(NC(=O)c2ccccc2F)sc1C(=O)Nc1ccc(Br)cc1. The van der Waals surface area contributed by atoms with Crippen LogP contribution in [0, 0.1) is 12.7 Å². The summed E-state index contributed by atoms with van der Waals surface area (Å²) in [6.45, 7) is 1.67. The van der Waals surface area contributed by atoms with Crippen molar-refractivity contribution in [1.82, 2.24) is 4.98 Å². The minimum absolute atomic E-state index is 0.0822.